The van der Waals surface area contributed by atoms with Crippen LogP contribution in [0.2, 0.25) is 0 Å². The lowest BCUT2D eigenvalue weighted by atomic mass is 10.3. The van der Waals surface area contributed by atoms with Gasteiger partial charge in [-0.1, -0.05) is 5.21 Å². The van der Waals surface area contributed by atoms with Crippen molar-refractivity contribution < 1.29 is 65.4 Å². The molecular weight excluding hydrogens is 637 g/mol. The number of nitrogens with one attached hydrogen (secondary N) is 1. The fraction of sp³-hybridized carbons (Fsp3) is 0.655. The molecule has 0 saturated carbocycles. The molecule has 1 aromatic carbocycles. The monoisotopic (exact) mass is 680 g/mol. The van der Waals surface area contributed by atoms with Gasteiger partial charge in [-0.05, 0) is 0 Å². The molecule has 47 heavy (non-hydrogen) atoms. The minimum Gasteiger partial charge on any atom is -0.420 e. The van der Waals surface area contributed by atoms with E-state index < -0.39 is 29.2 Å². The predicted molar refractivity (Wildman–Crippen MR) is 156 cm³/mol. The Hall–Kier alpha value is -3.23. The Morgan fingerprint density at radius 2 is 1.19 bits per heavy atom. The summed E-state index contributed by atoms with van der Waals surface area (Å²) in [4.78, 5) is 21.8. The lowest BCUT2D eigenvalue weighted by Crippen LogP contribution is -2.19. The van der Waals surface area contributed by atoms with E-state index in [1.54, 1.807) is 10.9 Å². The molecule has 1 aromatic heterocycles. The molecule has 0 aliphatic rings. The molecule has 266 valence electrons. The van der Waals surface area contributed by atoms with Gasteiger partial charge >= 0.3 is 5.97 Å². The average molecular weight is 681 g/mol. The molecule has 18 heteroatoms. The summed E-state index contributed by atoms with van der Waals surface area (Å²) < 4.78 is 89.3. The van der Waals surface area contributed by atoms with E-state index in [4.69, 9.17) is 37.9 Å². The Labute approximate surface area is 270 Å². The van der Waals surface area contributed by atoms with Gasteiger partial charge in [0.05, 0.1) is 125 Å². The number of rotatable bonds is 31. The second-order valence-electron chi connectivity index (χ2n) is 9.31. The maximum atomic E-state index is 13.5. The zero-order valence-corrected chi connectivity index (χ0v) is 26.2. The Morgan fingerprint density at radius 3 is 1.74 bits per heavy atom. The molecule has 0 fully saturated rings. The number of halogens is 3. The third-order valence-corrected chi connectivity index (χ3v) is 5.64. The van der Waals surface area contributed by atoms with Gasteiger partial charge in [0.1, 0.15) is 11.5 Å². The summed E-state index contributed by atoms with van der Waals surface area (Å²) in [6.07, 6.45) is 2.17. The molecule has 0 spiro atoms. The predicted octanol–water partition coefficient (Wildman–Crippen LogP) is 1.07. The average Bonchev–Trinajstić information content (AvgIpc) is 3.50. The summed E-state index contributed by atoms with van der Waals surface area (Å²) in [7, 11) is 0. The van der Waals surface area contributed by atoms with Crippen molar-refractivity contribution in [3.63, 3.8) is 0 Å². The highest BCUT2D eigenvalue weighted by Crippen LogP contribution is 2.23. The Kier molecular flexibility index (Phi) is 22.8. The first-order valence-electron chi connectivity index (χ1n) is 15.0. The van der Waals surface area contributed by atoms with Crippen LogP contribution in [0.25, 0.3) is 0 Å². The van der Waals surface area contributed by atoms with E-state index in [9.17, 15) is 22.8 Å². The maximum Gasteiger partial charge on any atom is 0.313 e. The number of hydrogen-bond acceptors (Lipinski definition) is 13. The van der Waals surface area contributed by atoms with Crippen LogP contribution in [0.15, 0.2) is 18.3 Å². The summed E-state index contributed by atoms with van der Waals surface area (Å²) in [5, 5.41) is 10.6. The van der Waals surface area contributed by atoms with E-state index in [1.807, 2.05) is 0 Å². The standard InChI is InChI=1S/C29H43F3N4O11/c30-24-19-26(31)29(27(32)20-24)47-28(38)1-4-39-7-10-42-13-14-44-12-9-41-6-3-36-21-25(34-35-36)22-46-18-17-45-16-15-43-11-8-40-5-2-33-23-37/h19-21,23H,1-18,22H2,(H,33,37). The SMILES string of the molecule is O=CNCCOCCOCCOCCOCc1cn(CCOCCOCCOCCOCCC(=O)Oc2c(F)cc(F)cc2F)nn1. The van der Waals surface area contributed by atoms with Crippen LogP contribution < -0.4 is 10.1 Å². The maximum absolute atomic E-state index is 13.5. The number of amides is 1. The molecule has 2 rings (SSSR count). The van der Waals surface area contributed by atoms with E-state index >= 15 is 0 Å². The number of carbonyl (C=O) groups excluding carboxylic acids is 2. The van der Waals surface area contributed by atoms with Crippen molar-refractivity contribution in [3.05, 3.63) is 41.5 Å². The fourth-order valence-electron chi connectivity index (χ4n) is 3.41. The van der Waals surface area contributed by atoms with E-state index in [0.717, 1.165) is 0 Å². The molecule has 2 aromatic rings. The van der Waals surface area contributed by atoms with E-state index in [1.165, 1.54) is 0 Å². The molecule has 0 unspecified atom stereocenters. The molecule has 0 atom stereocenters. The topological polar surface area (TPSA) is 160 Å². The molecule has 0 aliphatic heterocycles. The normalized spacial score (nSPS) is 11.2. The van der Waals surface area contributed by atoms with Crippen LogP contribution in [0.1, 0.15) is 12.1 Å². The minimum absolute atomic E-state index is 0.0414. The van der Waals surface area contributed by atoms with Crippen molar-refractivity contribution in [1.82, 2.24) is 20.3 Å². The number of nitrogens with zero attached hydrogens (tertiary/aromatic N) is 3. The summed E-state index contributed by atoms with van der Waals surface area (Å²) in [6.45, 7) is 6.73. The second kappa shape index (κ2) is 26.8. The quantitative estimate of drug-likeness (QED) is 0.0522. The minimum atomic E-state index is -1.30. The molecule has 0 bridgehead atoms. The fourth-order valence-corrected chi connectivity index (χ4v) is 3.41. The van der Waals surface area contributed by atoms with E-state index in [-0.39, 0.29) is 26.2 Å². The number of ether oxygens (including phenoxy) is 9. The van der Waals surface area contributed by atoms with Crippen molar-refractivity contribution in [2.75, 3.05) is 106 Å². The van der Waals surface area contributed by atoms with Crippen molar-refractivity contribution in [2.45, 2.75) is 19.6 Å². The summed E-state index contributed by atoms with van der Waals surface area (Å²) in [5.74, 6) is -5.58. The van der Waals surface area contributed by atoms with Crippen LogP contribution in [0.5, 0.6) is 5.75 Å². The van der Waals surface area contributed by atoms with Gasteiger partial charge in [0.2, 0.25) is 12.2 Å². The van der Waals surface area contributed by atoms with Gasteiger partial charge in [-0.2, -0.15) is 0 Å². The van der Waals surface area contributed by atoms with E-state index in [0.29, 0.717) is 123 Å². The van der Waals surface area contributed by atoms with Crippen molar-refractivity contribution >= 4 is 12.4 Å². The Balaban J connectivity index is 1.30. The lowest BCUT2D eigenvalue weighted by Gasteiger charge is -2.08. The smallest absolute Gasteiger partial charge is 0.313 e. The largest absolute Gasteiger partial charge is 0.420 e. The van der Waals surface area contributed by atoms with Gasteiger partial charge in [-0.15, -0.1) is 5.10 Å². The van der Waals surface area contributed by atoms with Crippen LogP contribution in [-0.2, 0) is 60.6 Å². The molecule has 0 aliphatic carbocycles. The van der Waals surface area contributed by atoms with Crippen LogP contribution in [-0.4, -0.2) is 133 Å². The van der Waals surface area contributed by atoms with Crippen LogP contribution in [0.3, 0.4) is 0 Å². The molecule has 1 amide bonds. The summed E-state index contributed by atoms with van der Waals surface area (Å²) in [6, 6.07) is 0.845. The highest BCUT2D eigenvalue weighted by Gasteiger charge is 2.16. The van der Waals surface area contributed by atoms with Crippen LogP contribution in [0.4, 0.5) is 13.2 Å². The first-order valence-corrected chi connectivity index (χ1v) is 15.0. The van der Waals surface area contributed by atoms with Crippen LogP contribution >= 0.6 is 0 Å². The zero-order valence-electron chi connectivity index (χ0n) is 26.2. The van der Waals surface area contributed by atoms with Gasteiger partial charge in [0.15, 0.2) is 11.6 Å². The number of carbonyl (C=O) groups is 2. The summed E-state index contributed by atoms with van der Waals surface area (Å²) >= 11 is 0. The highest BCUT2D eigenvalue weighted by atomic mass is 19.1. The van der Waals surface area contributed by atoms with Gasteiger partial charge in [-0.25, -0.2) is 17.9 Å². The Bertz CT molecular complexity index is 1090. The first-order chi connectivity index (χ1) is 23.0. The number of hydrogen-bond donors (Lipinski definition) is 1. The van der Waals surface area contributed by atoms with Gasteiger partial charge in [-0.3, -0.25) is 9.59 Å². The third-order valence-electron chi connectivity index (χ3n) is 5.64. The molecule has 0 saturated heterocycles. The highest BCUT2D eigenvalue weighted by molar-refractivity contribution is 5.72. The molecule has 1 heterocycles. The van der Waals surface area contributed by atoms with E-state index in [2.05, 4.69) is 20.4 Å². The van der Waals surface area contributed by atoms with Gasteiger partial charge in [0.25, 0.3) is 0 Å². The molecular formula is C29H43F3N4O11. The molecule has 15 nitrogen and oxygen atoms in total. The van der Waals surface area contributed by atoms with Crippen LogP contribution in [0, 0.1) is 17.5 Å². The lowest BCUT2D eigenvalue weighted by molar-refractivity contribution is -0.136. The first kappa shape index (κ1) is 39.9. The van der Waals surface area contributed by atoms with Gasteiger partial charge < -0.3 is 47.9 Å². The molecule has 0 radical (unpaired) electrons. The Morgan fingerprint density at radius 1 is 0.702 bits per heavy atom. The zero-order chi connectivity index (χ0) is 33.8. The number of aromatic nitrogens is 3. The van der Waals surface area contributed by atoms with Crippen molar-refractivity contribution in [1.29, 1.82) is 0 Å². The molecule has 1 N–H and O–H groups in total. The second-order valence-corrected chi connectivity index (χ2v) is 9.31. The number of benzene rings is 1. The number of esters is 1. The third kappa shape index (κ3) is 20.6. The summed E-state index contributed by atoms with van der Waals surface area (Å²) in [5.41, 5.74) is 0.697. The van der Waals surface area contributed by atoms with Gasteiger partial charge in [0, 0.05) is 18.7 Å². The van der Waals surface area contributed by atoms with Crippen molar-refractivity contribution in [3.8, 4) is 5.75 Å². The van der Waals surface area contributed by atoms with Crippen molar-refractivity contribution in [2.24, 2.45) is 0 Å².